The molecule has 0 atom stereocenters. The summed E-state index contributed by atoms with van der Waals surface area (Å²) < 4.78 is 15.3. The highest BCUT2D eigenvalue weighted by atomic mass is 32.1. The first-order valence-electron chi connectivity index (χ1n) is 20.3. The first kappa shape index (κ1) is 34.5. The van der Waals surface area contributed by atoms with Gasteiger partial charge in [-0.3, -0.25) is 0 Å². The Morgan fingerprint density at radius 2 is 0.933 bits per heavy atom. The first-order valence-corrected chi connectivity index (χ1v) is 21.1. The third kappa shape index (κ3) is 5.84. The number of thiophene rings is 1. The highest BCUT2D eigenvalue weighted by Gasteiger charge is 2.21. The normalized spacial score (nSPS) is 11.8. The molecule has 3 aromatic heterocycles. The molecule has 0 unspecified atom stereocenters. The molecule has 0 amide bonds. The van der Waals surface area contributed by atoms with Gasteiger partial charge >= 0.3 is 0 Å². The van der Waals surface area contributed by atoms with Crippen molar-refractivity contribution < 1.29 is 8.83 Å². The van der Waals surface area contributed by atoms with E-state index in [-0.39, 0.29) is 5.92 Å². The van der Waals surface area contributed by atoms with Crippen LogP contribution in [0.25, 0.3) is 98.0 Å². The van der Waals surface area contributed by atoms with E-state index in [9.17, 15) is 0 Å². The Labute approximate surface area is 350 Å². The number of benzene rings is 9. The number of para-hydroxylation sites is 1. The van der Waals surface area contributed by atoms with Gasteiger partial charge in [0.05, 0.1) is 0 Å². The Bertz CT molecular complexity index is 3420. The maximum absolute atomic E-state index is 6.70. The second-order valence-corrected chi connectivity index (χ2v) is 16.5. The fourth-order valence-electron chi connectivity index (χ4n) is 8.94. The van der Waals surface area contributed by atoms with E-state index in [0.29, 0.717) is 5.89 Å². The largest absolute Gasteiger partial charge is 0.456 e. The third-order valence-corrected chi connectivity index (χ3v) is 13.0. The van der Waals surface area contributed by atoms with Gasteiger partial charge < -0.3 is 8.83 Å². The predicted molar refractivity (Wildman–Crippen MR) is 250 cm³/mol. The van der Waals surface area contributed by atoms with Gasteiger partial charge in [0.2, 0.25) is 5.89 Å². The predicted octanol–water partition coefficient (Wildman–Crippen LogP) is 15.9. The topological polar surface area (TPSA) is 39.2 Å². The highest BCUT2D eigenvalue weighted by molar-refractivity contribution is 7.26. The second-order valence-electron chi connectivity index (χ2n) is 15.4. The summed E-state index contributed by atoms with van der Waals surface area (Å²) in [5, 5.41) is 4.36. The van der Waals surface area contributed by atoms with Gasteiger partial charge in [-0.2, -0.15) is 0 Å². The summed E-state index contributed by atoms with van der Waals surface area (Å²) in [6.07, 6.45) is 0. The summed E-state index contributed by atoms with van der Waals surface area (Å²) >= 11 is 1.79. The summed E-state index contributed by atoms with van der Waals surface area (Å²) in [6, 6.07) is 73.7. The Kier molecular flexibility index (Phi) is 8.10. The van der Waals surface area contributed by atoms with Crippen molar-refractivity contribution in [3.8, 4) is 44.8 Å². The number of hydrogen-bond donors (Lipinski definition) is 0. The number of fused-ring (bicyclic) bond motifs is 8. The molecule has 9 aromatic carbocycles. The smallest absolute Gasteiger partial charge is 0.228 e. The minimum Gasteiger partial charge on any atom is -0.456 e. The molecule has 0 radical (unpaired) electrons. The van der Waals surface area contributed by atoms with Gasteiger partial charge in [-0.05, 0) is 86.5 Å². The summed E-state index contributed by atoms with van der Waals surface area (Å²) in [6.45, 7) is 0. The number of oxazole rings is 1. The van der Waals surface area contributed by atoms with Crippen LogP contribution in [-0.4, -0.2) is 4.98 Å². The van der Waals surface area contributed by atoms with E-state index < -0.39 is 0 Å². The Morgan fingerprint density at radius 3 is 1.58 bits per heavy atom. The molecule has 0 N–H and O–H groups in total. The molecule has 12 aromatic rings. The zero-order valence-electron chi connectivity index (χ0n) is 32.4. The molecule has 0 fully saturated rings. The fourth-order valence-corrected chi connectivity index (χ4v) is 10.1. The Morgan fingerprint density at radius 1 is 0.383 bits per heavy atom. The average Bonchev–Trinajstić information content (AvgIpc) is 4.04. The molecule has 4 heteroatoms. The number of hydrogen-bond acceptors (Lipinski definition) is 4. The van der Waals surface area contributed by atoms with Crippen molar-refractivity contribution in [2.45, 2.75) is 5.92 Å². The number of nitrogens with zero attached hydrogens (tertiary/aromatic N) is 1. The third-order valence-electron chi connectivity index (χ3n) is 11.9. The zero-order valence-corrected chi connectivity index (χ0v) is 33.2. The maximum atomic E-state index is 6.70. The monoisotopic (exact) mass is 785 g/mol. The molecule has 3 heterocycles. The molecule has 0 aliphatic carbocycles. The van der Waals surface area contributed by atoms with E-state index in [1.807, 2.05) is 30.3 Å². The minimum absolute atomic E-state index is 0.0761. The molecular weight excluding hydrogens is 751 g/mol. The van der Waals surface area contributed by atoms with Crippen LogP contribution in [0.3, 0.4) is 0 Å². The van der Waals surface area contributed by atoms with Crippen LogP contribution in [0.5, 0.6) is 0 Å². The van der Waals surface area contributed by atoms with Crippen molar-refractivity contribution in [2.75, 3.05) is 0 Å². The molecule has 12 rings (SSSR count). The lowest BCUT2D eigenvalue weighted by atomic mass is 9.83. The van der Waals surface area contributed by atoms with E-state index in [1.165, 1.54) is 64.9 Å². The van der Waals surface area contributed by atoms with Crippen LogP contribution in [0.2, 0.25) is 0 Å². The zero-order chi connectivity index (χ0) is 39.6. The molecule has 0 aliphatic rings. The van der Waals surface area contributed by atoms with Gasteiger partial charge in [0.15, 0.2) is 5.58 Å². The van der Waals surface area contributed by atoms with Crippen LogP contribution in [-0.2, 0) is 0 Å². The van der Waals surface area contributed by atoms with Gasteiger partial charge in [-0.15, -0.1) is 11.3 Å². The van der Waals surface area contributed by atoms with Gasteiger partial charge in [0.25, 0.3) is 0 Å². The number of rotatable bonds is 7. The van der Waals surface area contributed by atoms with Crippen molar-refractivity contribution in [2.24, 2.45) is 0 Å². The van der Waals surface area contributed by atoms with Crippen LogP contribution in [0.1, 0.15) is 22.6 Å². The standard InChI is InChI=1S/C56H35NO2S/c1-3-10-35(11-4-1)37-18-24-40(25-19-37)52(41-26-20-38(21-27-41)36-12-5-2-6-13-36)42-28-22-39(23-29-42)43-30-31-45-51(34-43)60-50-33-32-47-55(54(45)50)59-56(57-47)46-15-9-17-49-53(46)44-14-7-8-16-48(44)58-49/h1-34,52H. The molecule has 3 nitrogen and oxygen atoms in total. The molecule has 0 saturated heterocycles. The summed E-state index contributed by atoms with van der Waals surface area (Å²) in [4.78, 5) is 5.02. The van der Waals surface area contributed by atoms with Crippen LogP contribution >= 0.6 is 11.3 Å². The van der Waals surface area contributed by atoms with E-state index in [2.05, 4.69) is 176 Å². The van der Waals surface area contributed by atoms with Crippen LogP contribution in [0.15, 0.2) is 215 Å². The quantitative estimate of drug-likeness (QED) is 0.151. The van der Waals surface area contributed by atoms with Crippen molar-refractivity contribution in [1.29, 1.82) is 0 Å². The van der Waals surface area contributed by atoms with E-state index in [0.717, 1.165) is 44.0 Å². The molecule has 60 heavy (non-hydrogen) atoms. The lowest BCUT2D eigenvalue weighted by Gasteiger charge is -2.20. The van der Waals surface area contributed by atoms with Crippen LogP contribution in [0, 0.1) is 0 Å². The van der Waals surface area contributed by atoms with Crippen LogP contribution < -0.4 is 0 Å². The van der Waals surface area contributed by atoms with E-state index in [4.69, 9.17) is 13.8 Å². The Balaban J connectivity index is 0.900. The molecule has 0 aliphatic heterocycles. The SMILES string of the molecule is c1ccc(-c2ccc(C(c3ccc(-c4ccccc4)cc3)c3ccc(-c4ccc5c(c4)sc4ccc6nc(-c7cccc8oc9ccccc9c78)oc6c45)cc3)cc2)cc1. The van der Waals surface area contributed by atoms with Crippen molar-refractivity contribution in [3.05, 3.63) is 223 Å². The first-order chi connectivity index (χ1) is 29.7. The van der Waals surface area contributed by atoms with Crippen LogP contribution in [0.4, 0.5) is 0 Å². The highest BCUT2D eigenvalue weighted by Crippen LogP contribution is 2.43. The van der Waals surface area contributed by atoms with Gasteiger partial charge in [0, 0.05) is 42.4 Å². The lowest BCUT2D eigenvalue weighted by Crippen LogP contribution is -2.03. The van der Waals surface area contributed by atoms with Crippen molar-refractivity contribution >= 4 is 64.5 Å². The van der Waals surface area contributed by atoms with Gasteiger partial charge in [-0.1, -0.05) is 170 Å². The molecule has 0 bridgehead atoms. The number of furan rings is 1. The van der Waals surface area contributed by atoms with E-state index >= 15 is 0 Å². The number of aromatic nitrogens is 1. The van der Waals surface area contributed by atoms with E-state index in [1.54, 1.807) is 11.3 Å². The van der Waals surface area contributed by atoms with Crippen molar-refractivity contribution in [3.63, 3.8) is 0 Å². The molecule has 0 spiro atoms. The average molecular weight is 786 g/mol. The maximum Gasteiger partial charge on any atom is 0.228 e. The molecular formula is C56H35NO2S. The lowest BCUT2D eigenvalue weighted by molar-refractivity contribution is 0.623. The van der Waals surface area contributed by atoms with Gasteiger partial charge in [0.1, 0.15) is 16.7 Å². The molecule has 0 saturated carbocycles. The summed E-state index contributed by atoms with van der Waals surface area (Å²) in [7, 11) is 0. The van der Waals surface area contributed by atoms with Crippen molar-refractivity contribution in [1.82, 2.24) is 4.98 Å². The summed E-state index contributed by atoms with van der Waals surface area (Å²) in [5.41, 5.74) is 15.3. The summed E-state index contributed by atoms with van der Waals surface area (Å²) in [5.74, 6) is 0.676. The Hall–Kier alpha value is -7.53. The second kappa shape index (κ2) is 14.1. The minimum atomic E-state index is 0.0761. The fraction of sp³-hybridized carbons (Fsp3) is 0.0179. The van der Waals surface area contributed by atoms with Gasteiger partial charge in [-0.25, -0.2) is 4.98 Å². The molecule has 282 valence electrons.